The summed E-state index contributed by atoms with van der Waals surface area (Å²) < 4.78 is 18.5. The number of thiophene rings is 1. The van der Waals surface area contributed by atoms with E-state index in [0.29, 0.717) is 11.7 Å². The fourth-order valence-electron chi connectivity index (χ4n) is 1.73. The first kappa shape index (κ1) is 13.4. The predicted molar refractivity (Wildman–Crippen MR) is 75.2 cm³/mol. The molecule has 0 spiro atoms. The standard InChI is InChI=1S/C14H10FN3O2S/c15-10-5-2-1-4-9(10)13(19)16-8-12-17-14(20-18-12)11-6-3-7-21-11/h1-7H,8H2,(H,16,19). The number of carbonyl (C=O) groups is 1. The summed E-state index contributed by atoms with van der Waals surface area (Å²) in [4.78, 5) is 16.9. The van der Waals surface area contributed by atoms with Crippen LogP contribution in [-0.4, -0.2) is 16.0 Å². The van der Waals surface area contributed by atoms with Gasteiger partial charge in [-0.15, -0.1) is 11.3 Å². The molecule has 7 heteroatoms. The molecule has 2 aromatic heterocycles. The monoisotopic (exact) mass is 303 g/mol. The molecule has 3 rings (SSSR count). The Kier molecular flexibility index (Phi) is 3.74. The maximum absolute atomic E-state index is 13.4. The minimum Gasteiger partial charge on any atom is -0.345 e. The first-order valence-electron chi connectivity index (χ1n) is 6.13. The van der Waals surface area contributed by atoms with Gasteiger partial charge in [0, 0.05) is 0 Å². The van der Waals surface area contributed by atoms with Crippen molar-refractivity contribution < 1.29 is 13.7 Å². The van der Waals surface area contributed by atoms with Crippen LogP contribution in [0, 0.1) is 5.82 Å². The third kappa shape index (κ3) is 2.97. The van der Waals surface area contributed by atoms with Crippen molar-refractivity contribution in [3.8, 4) is 10.8 Å². The van der Waals surface area contributed by atoms with Crippen LogP contribution in [0.1, 0.15) is 16.2 Å². The molecule has 0 unspecified atom stereocenters. The average molecular weight is 303 g/mol. The Morgan fingerprint density at radius 3 is 2.90 bits per heavy atom. The number of benzene rings is 1. The van der Waals surface area contributed by atoms with Crippen LogP contribution in [-0.2, 0) is 6.54 Å². The molecule has 0 saturated carbocycles. The Morgan fingerprint density at radius 1 is 1.29 bits per heavy atom. The summed E-state index contributed by atoms with van der Waals surface area (Å²) in [5.74, 6) is -0.346. The van der Waals surface area contributed by atoms with Crippen LogP contribution in [0.5, 0.6) is 0 Å². The molecule has 106 valence electrons. The zero-order valence-corrected chi connectivity index (χ0v) is 11.6. The number of nitrogens with zero attached hydrogens (tertiary/aromatic N) is 2. The van der Waals surface area contributed by atoms with E-state index in [4.69, 9.17) is 4.52 Å². The van der Waals surface area contributed by atoms with E-state index in [1.165, 1.54) is 29.5 Å². The predicted octanol–water partition coefficient (Wildman–Crippen LogP) is 2.87. The van der Waals surface area contributed by atoms with Gasteiger partial charge >= 0.3 is 0 Å². The molecule has 3 aromatic rings. The quantitative estimate of drug-likeness (QED) is 0.804. The highest BCUT2D eigenvalue weighted by atomic mass is 32.1. The van der Waals surface area contributed by atoms with Crippen LogP contribution in [0.2, 0.25) is 0 Å². The van der Waals surface area contributed by atoms with E-state index in [0.717, 1.165) is 4.88 Å². The Hall–Kier alpha value is -2.54. The maximum Gasteiger partial charge on any atom is 0.268 e. The highest BCUT2D eigenvalue weighted by molar-refractivity contribution is 7.13. The number of halogens is 1. The van der Waals surface area contributed by atoms with E-state index >= 15 is 0 Å². The molecule has 0 bridgehead atoms. The smallest absolute Gasteiger partial charge is 0.268 e. The van der Waals surface area contributed by atoms with Gasteiger partial charge in [-0.25, -0.2) is 4.39 Å². The van der Waals surface area contributed by atoms with Gasteiger partial charge < -0.3 is 9.84 Å². The van der Waals surface area contributed by atoms with Crippen molar-refractivity contribution in [2.24, 2.45) is 0 Å². The zero-order chi connectivity index (χ0) is 14.7. The fourth-order valence-corrected chi connectivity index (χ4v) is 2.37. The van der Waals surface area contributed by atoms with Crippen LogP contribution < -0.4 is 5.32 Å². The topological polar surface area (TPSA) is 68.0 Å². The molecule has 1 aromatic carbocycles. The SMILES string of the molecule is O=C(NCc1noc(-c2cccs2)n1)c1ccccc1F. The molecule has 0 atom stereocenters. The Labute approximate surface area is 123 Å². The number of nitrogens with one attached hydrogen (secondary N) is 1. The lowest BCUT2D eigenvalue weighted by atomic mass is 10.2. The van der Waals surface area contributed by atoms with Crippen LogP contribution >= 0.6 is 11.3 Å². The largest absolute Gasteiger partial charge is 0.345 e. The van der Waals surface area contributed by atoms with Crippen molar-refractivity contribution >= 4 is 17.2 Å². The molecule has 0 aliphatic carbocycles. The number of carbonyl (C=O) groups excluding carboxylic acids is 1. The van der Waals surface area contributed by atoms with Gasteiger partial charge in [0.05, 0.1) is 17.0 Å². The Balaban J connectivity index is 1.66. The normalized spacial score (nSPS) is 10.5. The second kappa shape index (κ2) is 5.84. The molecule has 21 heavy (non-hydrogen) atoms. The summed E-state index contributed by atoms with van der Waals surface area (Å²) in [5, 5.41) is 8.23. The van der Waals surface area contributed by atoms with E-state index in [9.17, 15) is 9.18 Å². The molecule has 1 amide bonds. The number of hydrogen-bond acceptors (Lipinski definition) is 5. The molecule has 2 heterocycles. The lowest BCUT2D eigenvalue weighted by molar-refractivity contribution is 0.0945. The van der Waals surface area contributed by atoms with Gasteiger partial charge in [-0.3, -0.25) is 4.79 Å². The Bertz CT molecular complexity index is 755. The first-order chi connectivity index (χ1) is 10.2. The zero-order valence-electron chi connectivity index (χ0n) is 10.7. The third-order valence-electron chi connectivity index (χ3n) is 2.73. The average Bonchev–Trinajstić information content (AvgIpc) is 3.16. The summed E-state index contributed by atoms with van der Waals surface area (Å²) in [6.07, 6.45) is 0. The second-order valence-electron chi connectivity index (χ2n) is 4.16. The van der Waals surface area contributed by atoms with Crippen LogP contribution in [0.3, 0.4) is 0 Å². The van der Waals surface area contributed by atoms with E-state index in [1.54, 1.807) is 6.07 Å². The third-order valence-corrected chi connectivity index (χ3v) is 3.58. The molecule has 0 saturated heterocycles. The highest BCUT2D eigenvalue weighted by Gasteiger charge is 2.13. The molecular formula is C14H10FN3O2S. The minimum absolute atomic E-state index is 0.0144. The summed E-state index contributed by atoms with van der Waals surface area (Å²) in [5.41, 5.74) is -0.0144. The van der Waals surface area contributed by atoms with Crippen molar-refractivity contribution in [1.82, 2.24) is 15.5 Å². The summed E-state index contributed by atoms with van der Waals surface area (Å²) in [6, 6.07) is 9.51. The van der Waals surface area contributed by atoms with E-state index in [2.05, 4.69) is 15.5 Å². The van der Waals surface area contributed by atoms with Crippen LogP contribution in [0.15, 0.2) is 46.3 Å². The van der Waals surface area contributed by atoms with Crippen molar-refractivity contribution in [1.29, 1.82) is 0 Å². The van der Waals surface area contributed by atoms with Crippen molar-refractivity contribution in [2.75, 3.05) is 0 Å². The molecule has 0 aliphatic heterocycles. The molecule has 1 N–H and O–H groups in total. The molecule has 0 fully saturated rings. The maximum atomic E-state index is 13.4. The van der Waals surface area contributed by atoms with Gasteiger partial charge in [-0.1, -0.05) is 23.4 Å². The fraction of sp³-hybridized carbons (Fsp3) is 0.0714. The van der Waals surface area contributed by atoms with Gasteiger partial charge in [0.25, 0.3) is 11.8 Å². The molecule has 0 aliphatic rings. The van der Waals surface area contributed by atoms with Gasteiger partial charge in [-0.2, -0.15) is 4.98 Å². The van der Waals surface area contributed by atoms with E-state index in [-0.39, 0.29) is 12.1 Å². The first-order valence-corrected chi connectivity index (χ1v) is 7.01. The lowest BCUT2D eigenvalue weighted by Crippen LogP contribution is -2.24. The van der Waals surface area contributed by atoms with Crippen molar-refractivity contribution in [3.63, 3.8) is 0 Å². The number of hydrogen-bond donors (Lipinski definition) is 1. The second-order valence-corrected chi connectivity index (χ2v) is 5.10. The summed E-state index contributed by atoms with van der Waals surface area (Å²) in [6.45, 7) is 0.0715. The minimum atomic E-state index is -0.567. The van der Waals surface area contributed by atoms with E-state index in [1.807, 2.05) is 17.5 Å². The van der Waals surface area contributed by atoms with Gasteiger partial charge in [0.1, 0.15) is 5.82 Å². The molecule has 5 nitrogen and oxygen atoms in total. The van der Waals surface area contributed by atoms with Crippen LogP contribution in [0.25, 0.3) is 10.8 Å². The number of amides is 1. The summed E-state index contributed by atoms with van der Waals surface area (Å²) >= 11 is 1.48. The van der Waals surface area contributed by atoms with Crippen molar-refractivity contribution in [3.05, 3.63) is 59.0 Å². The van der Waals surface area contributed by atoms with Crippen LogP contribution in [0.4, 0.5) is 4.39 Å². The van der Waals surface area contributed by atoms with E-state index < -0.39 is 11.7 Å². The highest BCUT2D eigenvalue weighted by Crippen LogP contribution is 2.22. The van der Waals surface area contributed by atoms with Gasteiger partial charge in [-0.05, 0) is 23.6 Å². The number of rotatable bonds is 4. The van der Waals surface area contributed by atoms with Crippen molar-refractivity contribution in [2.45, 2.75) is 6.54 Å². The lowest BCUT2D eigenvalue weighted by Gasteiger charge is -2.02. The molecular weight excluding hydrogens is 293 g/mol. The number of aromatic nitrogens is 2. The Morgan fingerprint density at radius 2 is 2.14 bits per heavy atom. The summed E-state index contributed by atoms with van der Waals surface area (Å²) in [7, 11) is 0. The van der Waals surface area contributed by atoms with Gasteiger partial charge in [0.15, 0.2) is 5.82 Å². The molecule has 0 radical (unpaired) electrons. The van der Waals surface area contributed by atoms with Gasteiger partial charge in [0.2, 0.25) is 0 Å².